The second-order valence-electron chi connectivity index (χ2n) is 8.98. The molecule has 1 aromatic rings. The number of benzene rings is 1. The van der Waals surface area contributed by atoms with Crippen molar-refractivity contribution in [1.82, 2.24) is 15.1 Å². The van der Waals surface area contributed by atoms with E-state index in [1.54, 1.807) is 29.0 Å². The number of carbonyl (C=O) groups is 4. The van der Waals surface area contributed by atoms with E-state index in [4.69, 9.17) is 9.47 Å². The van der Waals surface area contributed by atoms with Gasteiger partial charge in [0.05, 0.1) is 20.8 Å². The van der Waals surface area contributed by atoms with Gasteiger partial charge in [-0.15, -0.1) is 0 Å². The smallest absolute Gasteiger partial charge is 0.328 e. The van der Waals surface area contributed by atoms with Crippen LogP contribution in [0.5, 0.6) is 5.75 Å². The number of amides is 3. The third-order valence-corrected chi connectivity index (χ3v) is 6.77. The monoisotopic (exact) mass is 473 g/mol. The first-order chi connectivity index (χ1) is 16.3. The molecule has 0 radical (unpaired) electrons. The highest BCUT2D eigenvalue weighted by atomic mass is 16.5. The van der Waals surface area contributed by atoms with Crippen LogP contribution in [0.25, 0.3) is 0 Å². The van der Waals surface area contributed by atoms with E-state index in [1.807, 2.05) is 12.1 Å². The summed E-state index contributed by atoms with van der Waals surface area (Å²) in [6.45, 7) is 2.25. The largest absolute Gasteiger partial charge is 0.497 e. The van der Waals surface area contributed by atoms with Crippen molar-refractivity contribution in [3.05, 3.63) is 29.8 Å². The molecule has 0 bridgehead atoms. The molecule has 1 aliphatic heterocycles. The van der Waals surface area contributed by atoms with Crippen LogP contribution in [0, 0.1) is 5.92 Å². The lowest BCUT2D eigenvalue weighted by atomic mass is 9.87. The second kappa shape index (κ2) is 11.9. The molecule has 9 nitrogen and oxygen atoms in total. The van der Waals surface area contributed by atoms with Crippen LogP contribution in [0.1, 0.15) is 44.6 Å². The van der Waals surface area contributed by atoms with E-state index in [9.17, 15) is 19.2 Å². The van der Waals surface area contributed by atoms with Gasteiger partial charge < -0.3 is 24.6 Å². The van der Waals surface area contributed by atoms with E-state index < -0.39 is 24.0 Å². The molecule has 0 unspecified atom stereocenters. The summed E-state index contributed by atoms with van der Waals surface area (Å²) in [6, 6.07) is 5.42. The van der Waals surface area contributed by atoms with E-state index in [-0.39, 0.29) is 30.7 Å². The Kier molecular flexibility index (Phi) is 8.90. The third kappa shape index (κ3) is 6.27. The van der Waals surface area contributed by atoms with Crippen molar-refractivity contribution in [2.45, 2.75) is 57.5 Å². The Morgan fingerprint density at radius 1 is 1.03 bits per heavy atom. The summed E-state index contributed by atoms with van der Waals surface area (Å²) in [5.41, 5.74) is 0.820. The van der Waals surface area contributed by atoms with Crippen LogP contribution in [0.3, 0.4) is 0 Å². The number of hydrogen-bond acceptors (Lipinski definition) is 6. The predicted octanol–water partition coefficient (Wildman–Crippen LogP) is 1.54. The van der Waals surface area contributed by atoms with Crippen molar-refractivity contribution < 1.29 is 28.7 Å². The minimum absolute atomic E-state index is 0.0344. The molecule has 3 rings (SSSR count). The molecular formula is C25H35N3O6. The summed E-state index contributed by atoms with van der Waals surface area (Å²) in [7, 11) is 2.84. The second-order valence-corrected chi connectivity index (χ2v) is 8.98. The van der Waals surface area contributed by atoms with Crippen LogP contribution >= 0.6 is 0 Å². The molecule has 2 aliphatic rings. The minimum Gasteiger partial charge on any atom is -0.497 e. The van der Waals surface area contributed by atoms with Crippen LogP contribution in [-0.4, -0.2) is 79.4 Å². The van der Waals surface area contributed by atoms with Crippen molar-refractivity contribution >= 4 is 23.7 Å². The highest BCUT2D eigenvalue weighted by Gasteiger charge is 2.40. The third-order valence-electron chi connectivity index (χ3n) is 6.77. The van der Waals surface area contributed by atoms with Crippen LogP contribution < -0.4 is 10.1 Å². The van der Waals surface area contributed by atoms with E-state index in [1.165, 1.54) is 14.0 Å². The van der Waals surface area contributed by atoms with Crippen molar-refractivity contribution in [2.24, 2.45) is 5.92 Å². The number of piperazine rings is 1. The van der Waals surface area contributed by atoms with Gasteiger partial charge in [0.15, 0.2) is 0 Å². The molecule has 1 heterocycles. The average Bonchev–Trinajstić information content (AvgIpc) is 2.87. The van der Waals surface area contributed by atoms with Gasteiger partial charge in [-0.25, -0.2) is 4.79 Å². The lowest BCUT2D eigenvalue weighted by Gasteiger charge is -2.42. The Morgan fingerprint density at radius 2 is 1.71 bits per heavy atom. The number of nitrogens with zero attached hydrogens (tertiary/aromatic N) is 2. The number of methoxy groups -OCH3 is 2. The zero-order valence-electron chi connectivity index (χ0n) is 20.2. The molecule has 34 heavy (non-hydrogen) atoms. The van der Waals surface area contributed by atoms with Crippen LogP contribution in [0.4, 0.5) is 0 Å². The molecule has 1 saturated carbocycles. The number of hydrogen-bond donors (Lipinski definition) is 1. The summed E-state index contributed by atoms with van der Waals surface area (Å²) in [6.07, 6.45) is 5.00. The first kappa shape index (κ1) is 25.5. The van der Waals surface area contributed by atoms with Crippen molar-refractivity contribution in [3.8, 4) is 5.75 Å². The summed E-state index contributed by atoms with van der Waals surface area (Å²) in [4.78, 5) is 54.4. The molecule has 1 aliphatic carbocycles. The average molecular weight is 474 g/mol. The van der Waals surface area contributed by atoms with Crippen LogP contribution in [0.2, 0.25) is 0 Å². The lowest BCUT2D eigenvalue weighted by molar-refractivity contribution is -0.153. The van der Waals surface area contributed by atoms with E-state index >= 15 is 0 Å². The number of nitrogens with one attached hydrogen (secondary N) is 1. The topological polar surface area (TPSA) is 105 Å². The predicted molar refractivity (Wildman–Crippen MR) is 125 cm³/mol. The molecular weight excluding hydrogens is 438 g/mol. The molecule has 186 valence electrons. The Balaban J connectivity index is 1.77. The number of rotatable bonds is 7. The number of ether oxygens (including phenoxy) is 2. The highest BCUT2D eigenvalue weighted by molar-refractivity contribution is 5.92. The van der Waals surface area contributed by atoms with Gasteiger partial charge in [-0.2, -0.15) is 0 Å². The maximum atomic E-state index is 13.4. The van der Waals surface area contributed by atoms with Crippen molar-refractivity contribution in [1.29, 1.82) is 0 Å². The van der Waals surface area contributed by atoms with Crippen molar-refractivity contribution in [3.63, 3.8) is 0 Å². The van der Waals surface area contributed by atoms with Crippen molar-refractivity contribution in [2.75, 3.05) is 33.9 Å². The zero-order chi connectivity index (χ0) is 24.7. The number of carbonyl (C=O) groups excluding carboxylic acids is 4. The molecule has 0 spiro atoms. The highest BCUT2D eigenvalue weighted by Crippen LogP contribution is 2.27. The first-order valence-corrected chi connectivity index (χ1v) is 11.9. The summed E-state index contributed by atoms with van der Waals surface area (Å²) < 4.78 is 10.1. The van der Waals surface area contributed by atoms with Gasteiger partial charge in [0.25, 0.3) is 0 Å². The Labute approximate surface area is 200 Å². The molecule has 1 saturated heterocycles. The molecule has 0 aromatic heterocycles. The molecule has 1 N–H and O–H groups in total. The van der Waals surface area contributed by atoms with Crippen LogP contribution in [0.15, 0.2) is 24.3 Å². The summed E-state index contributed by atoms with van der Waals surface area (Å²) >= 11 is 0. The standard InChI is InChI=1S/C25H35N3O6/c1-17(29)27-13-14-28(24(31)19-7-5-4-6-8-19)22(16-27)23(30)26-21(25(32)34-3)15-18-9-11-20(33-2)12-10-18/h9-12,19,21-22H,4-8,13-16H2,1-3H3,(H,26,30)/t21-,22+/m0/s1. The van der Waals surface area contributed by atoms with Gasteiger partial charge >= 0.3 is 5.97 Å². The maximum Gasteiger partial charge on any atom is 0.328 e. The Bertz CT molecular complexity index is 881. The van der Waals surface area contributed by atoms with Gasteiger partial charge in [0.1, 0.15) is 17.8 Å². The normalized spacial score (nSPS) is 19.8. The molecule has 9 heteroatoms. The summed E-state index contributed by atoms with van der Waals surface area (Å²) in [5, 5.41) is 2.79. The molecule has 2 atom stereocenters. The fraction of sp³-hybridized carbons (Fsp3) is 0.600. The van der Waals surface area contributed by atoms with E-state index in [2.05, 4.69) is 5.32 Å². The molecule has 2 fully saturated rings. The van der Waals surface area contributed by atoms with E-state index in [0.29, 0.717) is 18.8 Å². The van der Waals surface area contributed by atoms with Gasteiger partial charge in [-0.1, -0.05) is 31.4 Å². The molecule has 1 aromatic carbocycles. The van der Waals surface area contributed by atoms with Gasteiger partial charge in [-0.05, 0) is 30.5 Å². The fourth-order valence-electron chi connectivity index (χ4n) is 4.74. The SMILES string of the molecule is COC(=O)[C@H](Cc1ccc(OC)cc1)NC(=O)[C@H]1CN(C(C)=O)CCN1C(=O)C1CCCCC1. The lowest BCUT2D eigenvalue weighted by Crippen LogP contribution is -2.63. The Morgan fingerprint density at radius 3 is 2.29 bits per heavy atom. The fourth-order valence-corrected chi connectivity index (χ4v) is 4.74. The van der Waals surface area contributed by atoms with E-state index in [0.717, 1.165) is 37.7 Å². The minimum atomic E-state index is -0.926. The van der Waals surface area contributed by atoms with Gasteiger partial charge in [-0.3, -0.25) is 14.4 Å². The number of esters is 1. The quantitative estimate of drug-likeness (QED) is 0.603. The van der Waals surface area contributed by atoms with Gasteiger partial charge in [0.2, 0.25) is 17.7 Å². The van der Waals surface area contributed by atoms with Crippen LogP contribution in [-0.2, 0) is 30.3 Å². The van der Waals surface area contributed by atoms with Gasteiger partial charge in [0, 0.05) is 32.4 Å². The molecule has 3 amide bonds. The summed E-state index contributed by atoms with van der Waals surface area (Å²) in [5.74, 6) is -0.625. The zero-order valence-corrected chi connectivity index (χ0v) is 20.2. The Hall–Kier alpha value is -3.10. The maximum absolute atomic E-state index is 13.4. The first-order valence-electron chi connectivity index (χ1n) is 11.9.